The maximum absolute atomic E-state index is 9.23. The average Bonchev–Trinajstić information content (AvgIpc) is 2.82. The molecule has 0 bridgehead atoms. The van der Waals surface area contributed by atoms with Gasteiger partial charge in [-0.05, 0) is 41.7 Å². The van der Waals surface area contributed by atoms with Gasteiger partial charge in [0.2, 0.25) is 0 Å². The van der Waals surface area contributed by atoms with Crippen molar-refractivity contribution >= 4 is 0 Å². The van der Waals surface area contributed by atoms with Crippen LogP contribution in [0.3, 0.4) is 0 Å². The molecule has 1 N–H and O–H groups in total. The van der Waals surface area contributed by atoms with Gasteiger partial charge in [0, 0.05) is 24.0 Å². The Hall–Kier alpha value is -1.92. The Morgan fingerprint density at radius 2 is 1.21 bits per heavy atom. The Labute approximate surface area is 198 Å². The zero-order valence-electron chi connectivity index (χ0n) is 20.5. The summed E-state index contributed by atoms with van der Waals surface area (Å²) in [5, 5.41) is 9.23. The van der Waals surface area contributed by atoms with Crippen LogP contribution in [-0.4, -0.2) is 37.6 Å². The molecule has 33 heavy (non-hydrogen) atoms. The molecule has 180 valence electrons. The molecular formula is C28H38O5. The topological polar surface area (TPSA) is 57.2 Å². The van der Waals surface area contributed by atoms with E-state index in [1.807, 2.05) is 24.3 Å². The molecule has 2 fully saturated rings. The van der Waals surface area contributed by atoms with E-state index in [1.54, 1.807) is 7.11 Å². The van der Waals surface area contributed by atoms with Crippen molar-refractivity contribution in [2.75, 3.05) is 20.3 Å². The van der Waals surface area contributed by atoms with E-state index in [4.69, 9.17) is 18.9 Å². The van der Waals surface area contributed by atoms with Gasteiger partial charge in [0.05, 0.1) is 38.1 Å². The second kappa shape index (κ2) is 9.75. The van der Waals surface area contributed by atoms with Crippen LogP contribution in [-0.2, 0) is 20.8 Å². The number of aliphatic hydroxyl groups is 1. The Bertz CT molecular complexity index is 827. The van der Waals surface area contributed by atoms with Gasteiger partial charge in [0.15, 0.2) is 0 Å². The molecule has 0 amide bonds. The molecule has 2 aromatic rings. The smallest absolute Gasteiger partial charge is 0.118 e. The van der Waals surface area contributed by atoms with Gasteiger partial charge in [0.1, 0.15) is 5.75 Å². The van der Waals surface area contributed by atoms with Crippen molar-refractivity contribution in [3.63, 3.8) is 0 Å². The van der Waals surface area contributed by atoms with Crippen LogP contribution >= 0.6 is 0 Å². The number of methoxy groups -OCH3 is 1. The van der Waals surface area contributed by atoms with Crippen LogP contribution in [0.2, 0.25) is 0 Å². The van der Waals surface area contributed by atoms with Gasteiger partial charge in [-0.25, -0.2) is 0 Å². The van der Waals surface area contributed by atoms with E-state index >= 15 is 0 Å². The largest absolute Gasteiger partial charge is 0.497 e. The van der Waals surface area contributed by atoms with Gasteiger partial charge in [-0.2, -0.15) is 0 Å². The summed E-state index contributed by atoms with van der Waals surface area (Å²) in [6.07, 6.45) is 2.38. The van der Waals surface area contributed by atoms with Crippen molar-refractivity contribution in [3.05, 3.63) is 65.2 Å². The van der Waals surface area contributed by atoms with Crippen LogP contribution in [0.15, 0.2) is 48.5 Å². The molecule has 0 saturated carbocycles. The van der Waals surface area contributed by atoms with Crippen molar-refractivity contribution in [1.82, 2.24) is 0 Å². The van der Waals surface area contributed by atoms with Crippen LogP contribution in [0.5, 0.6) is 5.75 Å². The van der Waals surface area contributed by atoms with Crippen LogP contribution in [0, 0.1) is 10.8 Å². The standard InChI is InChI=1S/C28H38O5/c1-27(2)23(32-25(27)20-8-6-19(18-29)7-9-20)14-16-31-17-15-24-28(3,4)26(33-24)21-10-12-22(30-5)13-11-21/h6-13,23-26,29H,14-18H2,1-5H3. The maximum atomic E-state index is 9.23. The summed E-state index contributed by atoms with van der Waals surface area (Å²) in [6.45, 7) is 10.5. The van der Waals surface area contributed by atoms with E-state index in [2.05, 4.69) is 52.0 Å². The van der Waals surface area contributed by atoms with Crippen LogP contribution < -0.4 is 4.74 Å². The predicted molar refractivity (Wildman–Crippen MR) is 128 cm³/mol. The summed E-state index contributed by atoms with van der Waals surface area (Å²) in [7, 11) is 1.68. The fraction of sp³-hybridized carbons (Fsp3) is 0.571. The first-order chi connectivity index (χ1) is 15.8. The second-order valence-corrected chi connectivity index (χ2v) is 10.5. The van der Waals surface area contributed by atoms with Crippen molar-refractivity contribution in [2.45, 2.75) is 71.6 Å². The third-order valence-corrected chi connectivity index (χ3v) is 7.54. The van der Waals surface area contributed by atoms with Crippen molar-refractivity contribution < 1.29 is 24.1 Å². The van der Waals surface area contributed by atoms with Crippen LogP contribution in [0.25, 0.3) is 0 Å². The van der Waals surface area contributed by atoms with E-state index < -0.39 is 0 Å². The number of hydrogen-bond donors (Lipinski definition) is 1. The Morgan fingerprint density at radius 3 is 1.61 bits per heavy atom. The molecule has 5 nitrogen and oxygen atoms in total. The molecule has 2 aliphatic heterocycles. The van der Waals surface area contributed by atoms with Gasteiger partial charge in [0.25, 0.3) is 0 Å². The third kappa shape index (κ3) is 4.83. The molecule has 0 aromatic heterocycles. The van der Waals surface area contributed by atoms with E-state index in [9.17, 15) is 5.11 Å². The number of benzene rings is 2. The van der Waals surface area contributed by atoms with E-state index in [1.165, 1.54) is 11.1 Å². The Morgan fingerprint density at radius 1 is 0.758 bits per heavy atom. The van der Waals surface area contributed by atoms with Gasteiger partial charge in [-0.1, -0.05) is 64.1 Å². The molecule has 4 rings (SSSR count). The lowest BCUT2D eigenvalue weighted by Crippen LogP contribution is -2.51. The number of hydrogen-bond acceptors (Lipinski definition) is 5. The number of ether oxygens (including phenoxy) is 4. The predicted octanol–water partition coefficient (Wildman–Crippen LogP) is 5.62. The highest BCUT2D eigenvalue weighted by Gasteiger charge is 2.51. The van der Waals surface area contributed by atoms with E-state index in [0.717, 1.165) is 24.2 Å². The van der Waals surface area contributed by atoms with Gasteiger partial charge in [-0.15, -0.1) is 0 Å². The highest BCUT2D eigenvalue weighted by atomic mass is 16.5. The molecule has 2 aliphatic rings. The Balaban J connectivity index is 1.17. The minimum atomic E-state index is 0.0642. The summed E-state index contributed by atoms with van der Waals surface area (Å²) in [6, 6.07) is 16.2. The monoisotopic (exact) mass is 454 g/mol. The lowest BCUT2D eigenvalue weighted by molar-refractivity contribution is -0.249. The quantitative estimate of drug-likeness (QED) is 0.473. The first-order valence-electron chi connectivity index (χ1n) is 12.0. The zero-order valence-corrected chi connectivity index (χ0v) is 20.5. The average molecular weight is 455 g/mol. The van der Waals surface area contributed by atoms with Gasteiger partial charge >= 0.3 is 0 Å². The summed E-state index contributed by atoms with van der Waals surface area (Å²) in [4.78, 5) is 0. The first kappa shape index (κ1) is 24.2. The highest BCUT2D eigenvalue weighted by Crippen LogP contribution is 2.53. The molecule has 0 spiro atoms. The minimum absolute atomic E-state index is 0.0642. The summed E-state index contributed by atoms with van der Waals surface area (Å²) in [5.74, 6) is 0.866. The number of aliphatic hydroxyl groups excluding tert-OH is 1. The fourth-order valence-corrected chi connectivity index (χ4v) is 5.18. The highest BCUT2D eigenvalue weighted by molar-refractivity contribution is 5.31. The maximum Gasteiger partial charge on any atom is 0.118 e. The van der Waals surface area contributed by atoms with Crippen LogP contribution in [0.1, 0.15) is 69.4 Å². The lowest BCUT2D eigenvalue weighted by Gasteiger charge is -2.52. The van der Waals surface area contributed by atoms with Crippen molar-refractivity contribution in [3.8, 4) is 5.75 Å². The summed E-state index contributed by atoms with van der Waals surface area (Å²) < 4.78 is 23.7. The first-order valence-corrected chi connectivity index (χ1v) is 12.0. The van der Waals surface area contributed by atoms with Gasteiger partial charge < -0.3 is 24.1 Å². The molecule has 0 radical (unpaired) electrons. The summed E-state index contributed by atoms with van der Waals surface area (Å²) in [5.41, 5.74) is 3.44. The molecule has 2 heterocycles. The van der Waals surface area contributed by atoms with E-state index in [0.29, 0.717) is 13.2 Å². The minimum Gasteiger partial charge on any atom is -0.497 e. The van der Waals surface area contributed by atoms with Crippen molar-refractivity contribution in [1.29, 1.82) is 0 Å². The fourth-order valence-electron chi connectivity index (χ4n) is 5.18. The molecule has 2 aromatic carbocycles. The third-order valence-electron chi connectivity index (χ3n) is 7.54. The Kier molecular flexibility index (Phi) is 7.15. The lowest BCUT2D eigenvalue weighted by atomic mass is 9.71. The normalized spacial score (nSPS) is 27.5. The molecule has 4 unspecified atom stereocenters. The zero-order chi connectivity index (χ0) is 23.6. The van der Waals surface area contributed by atoms with Crippen LogP contribution in [0.4, 0.5) is 0 Å². The molecule has 4 atom stereocenters. The second-order valence-electron chi connectivity index (χ2n) is 10.5. The SMILES string of the molecule is COc1ccc(C2OC(CCOCCC3OC(c4ccc(CO)cc4)C3(C)C)C2(C)C)cc1. The molecule has 0 aliphatic carbocycles. The van der Waals surface area contributed by atoms with E-state index in [-0.39, 0.29) is 41.9 Å². The van der Waals surface area contributed by atoms with Gasteiger partial charge in [-0.3, -0.25) is 0 Å². The summed E-state index contributed by atoms with van der Waals surface area (Å²) >= 11 is 0. The number of rotatable bonds is 10. The molecular weight excluding hydrogens is 416 g/mol. The van der Waals surface area contributed by atoms with Crippen molar-refractivity contribution in [2.24, 2.45) is 10.8 Å². The molecule has 2 saturated heterocycles. The molecule has 5 heteroatoms.